The highest BCUT2D eigenvalue weighted by Crippen LogP contribution is 2.31. The Kier molecular flexibility index (Phi) is 7.30. The van der Waals surface area contributed by atoms with Gasteiger partial charge in [0, 0.05) is 0 Å². The number of methoxy groups -OCH3 is 1. The zero-order valence-corrected chi connectivity index (χ0v) is 18.8. The van der Waals surface area contributed by atoms with Gasteiger partial charge in [-0.05, 0) is 56.0 Å². The molecule has 0 radical (unpaired) electrons. The second-order valence-electron chi connectivity index (χ2n) is 7.33. The van der Waals surface area contributed by atoms with Crippen LogP contribution in [0.2, 0.25) is 0 Å². The van der Waals surface area contributed by atoms with E-state index < -0.39 is 10.0 Å². The molecule has 0 bridgehead atoms. The molecule has 0 fully saturated rings. The first-order valence-electron chi connectivity index (χ1n) is 9.55. The summed E-state index contributed by atoms with van der Waals surface area (Å²) in [6.45, 7) is 7.56. The Morgan fingerprint density at radius 3 is 2.28 bits per heavy atom. The van der Waals surface area contributed by atoms with Gasteiger partial charge in [0.05, 0.1) is 25.1 Å². The van der Waals surface area contributed by atoms with Crippen LogP contribution in [0, 0.1) is 20.8 Å². The molecule has 2 rings (SSSR count). The van der Waals surface area contributed by atoms with Crippen molar-refractivity contribution in [3.05, 3.63) is 58.7 Å². The summed E-state index contributed by atoms with van der Waals surface area (Å²) in [4.78, 5) is 12.8. The van der Waals surface area contributed by atoms with Gasteiger partial charge in [0.2, 0.25) is 15.9 Å². The number of sulfonamides is 1. The van der Waals surface area contributed by atoms with Crippen molar-refractivity contribution in [1.82, 2.24) is 5.32 Å². The van der Waals surface area contributed by atoms with Crippen LogP contribution >= 0.6 is 0 Å². The largest absolute Gasteiger partial charge is 0.495 e. The van der Waals surface area contributed by atoms with Gasteiger partial charge >= 0.3 is 0 Å². The molecule has 0 saturated heterocycles. The molecule has 0 aliphatic carbocycles. The van der Waals surface area contributed by atoms with Gasteiger partial charge in [-0.25, -0.2) is 8.42 Å². The molecule has 0 aliphatic rings. The number of carbonyl (C=O) groups is 1. The average molecular weight is 419 g/mol. The van der Waals surface area contributed by atoms with Crippen molar-refractivity contribution in [3.63, 3.8) is 0 Å². The lowest BCUT2D eigenvalue weighted by Gasteiger charge is -2.26. The van der Waals surface area contributed by atoms with Crippen molar-refractivity contribution < 1.29 is 17.9 Å². The molecule has 0 aliphatic heterocycles. The van der Waals surface area contributed by atoms with Crippen LogP contribution in [0.4, 0.5) is 5.69 Å². The van der Waals surface area contributed by atoms with E-state index in [9.17, 15) is 13.2 Å². The number of anilines is 1. The summed E-state index contributed by atoms with van der Waals surface area (Å²) in [6.07, 6.45) is 1.78. The quantitative estimate of drug-likeness (QED) is 0.710. The number of hydrogen-bond acceptors (Lipinski definition) is 4. The Morgan fingerprint density at radius 1 is 1.10 bits per heavy atom. The lowest BCUT2D eigenvalue weighted by molar-refractivity contribution is -0.120. The SMILES string of the molecule is CCC(NC(=O)CN(c1cc(C)ccc1OC)S(C)(=O)=O)c1ccc(C)cc1C. The number of aryl methyl sites for hydroxylation is 3. The van der Waals surface area contributed by atoms with E-state index in [1.54, 1.807) is 12.1 Å². The van der Waals surface area contributed by atoms with Crippen molar-refractivity contribution in [2.45, 2.75) is 40.2 Å². The van der Waals surface area contributed by atoms with Gasteiger partial charge < -0.3 is 10.1 Å². The summed E-state index contributed by atoms with van der Waals surface area (Å²) in [5.74, 6) is 0.0288. The highest BCUT2D eigenvalue weighted by molar-refractivity contribution is 7.92. The molecule has 6 nitrogen and oxygen atoms in total. The molecule has 0 aromatic heterocycles. The third-order valence-corrected chi connectivity index (χ3v) is 5.96. The fourth-order valence-electron chi connectivity index (χ4n) is 3.36. The van der Waals surface area contributed by atoms with Crippen LogP contribution in [0.15, 0.2) is 36.4 Å². The summed E-state index contributed by atoms with van der Waals surface area (Å²) in [5.41, 5.74) is 4.51. The third kappa shape index (κ3) is 5.73. The minimum Gasteiger partial charge on any atom is -0.495 e. The predicted octanol–water partition coefficient (Wildman–Crippen LogP) is 3.65. The van der Waals surface area contributed by atoms with E-state index in [0.29, 0.717) is 17.9 Å². The van der Waals surface area contributed by atoms with E-state index in [1.165, 1.54) is 7.11 Å². The molecule has 0 saturated carbocycles. The van der Waals surface area contributed by atoms with E-state index in [1.807, 2.05) is 45.9 Å². The zero-order valence-electron chi connectivity index (χ0n) is 17.9. The first kappa shape index (κ1) is 22.7. The number of ether oxygens (including phenoxy) is 1. The molecule has 29 heavy (non-hydrogen) atoms. The Bertz CT molecular complexity index is 986. The number of rotatable bonds is 8. The highest BCUT2D eigenvalue weighted by Gasteiger charge is 2.25. The number of carbonyl (C=O) groups excluding carboxylic acids is 1. The summed E-state index contributed by atoms with van der Waals surface area (Å²) in [5, 5.41) is 2.98. The Balaban J connectivity index is 2.30. The third-order valence-electron chi connectivity index (χ3n) is 4.83. The predicted molar refractivity (Wildman–Crippen MR) is 117 cm³/mol. The van der Waals surface area contributed by atoms with Crippen LogP contribution < -0.4 is 14.4 Å². The van der Waals surface area contributed by atoms with Gasteiger partial charge in [-0.1, -0.05) is 36.8 Å². The van der Waals surface area contributed by atoms with Crippen LogP contribution in [0.5, 0.6) is 5.75 Å². The molecular weight excluding hydrogens is 388 g/mol. The van der Waals surface area contributed by atoms with Gasteiger partial charge in [-0.15, -0.1) is 0 Å². The molecular formula is C22H30N2O4S. The molecule has 0 heterocycles. The number of hydrogen-bond donors (Lipinski definition) is 1. The van der Waals surface area contributed by atoms with Crippen LogP contribution in [0.3, 0.4) is 0 Å². The van der Waals surface area contributed by atoms with E-state index in [2.05, 4.69) is 11.4 Å². The van der Waals surface area contributed by atoms with E-state index in [-0.39, 0.29) is 18.5 Å². The van der Waals surface area contributed by atoms with Crippen molar-refractivity contribution in [2.24, 2.45) is 0 Å². The van der Waals surface area contributed by atoms with E-state index in [0.717, 1.165) is 32.8 Å². The minimum atomic E-state index is -3.69. The van der Waals surface area contributed by atoms with Gasteiger partial charge in [0.1, 0.15) is 12.3 Å². The van der Waals surface area contributed by atoms with Crippen LogP contribution in [-0.4, -0.2) is 34.2 Å². The Labute approximate surface area is 173 Å². The molecule has 2 aromatic carbocycles. The Morgan fingerprint density at radius 2 is 1.72 bits per heavy atom. The smallest absolute Gasteiger partial charge is 0.241 e. The molecule has 7 heteroatoms. The number of amides is 1. The maximum atomic E-state index is 12.8. The lowest BCUT2D eigenvalue weighted by atomic mass is 9.97. The minimum absolute atomic E-state index is 0.191. The van der Waals surface area contributed by atoms with Crippen molar-refractivity contribution in [2.75, 3.05) is 24.2 Å². The van der Waals surface area contributed by atoms with E-state index in [4.69, 9.17) is 4.74 Å². The number of nitrogens with one attached hydrogen (secondary N) is 1. The van der Waals surface area contributed by atoms with Crippen LogP contribution in [0.1, 0.15) is 41.6 Å². The molecule has 1 N–H and O–H groups in total. The second kappa shape index (κ2) is 9.31. The normalized spacial score (nSPS) is 12.3. The molecule has 1 amide bonds. The van der Waals surface area contributed by atoms with Gasteiger partial charge in [0.15, 0.2) is 0 Å². The molecule has 158 valence electrons. The summed E-state index contributed by atoms with van der Waals surface area (Å²) in [6, 6.07) is 11.1. The molecule has 1 unspecified atom stereocenters. The maximum absolute atomic E-state index is 12.8. The summed E-state index contributed by atoms with van der Waals surface area (Å²) in [7, 11) is -2.22. The second-order valence-corrected chi connectivity index (χ2v) is 9.24. The lowest BCUT2D eigenvalue weighted by Crippen LogP contribution is -2.41. The fraction of sp³-hybridized carbons (Fsp3) is 0.409. The van der Waals surface area contributed by atoms with Gasteiger partial charge in [-0.2, -0.15) is 0 Å². The Hall–Kier alpha value is -2.54. The standard InChI is InChI=1S/C22H30N2O4S/c1-7-19(18-10-8-15(2)12-17(18)4)23-22(25)14-24(29(6,26)27)20-13-16(3)9-11-21(20)28-5/h8-13,19H,7,14H2,1-6H3,(H,23,25). The van der Waals surface area contributed by atoms with Gasteiger partial charge in [0.25, 0.3) is 0 Å². The fourth-order valence-corrected chi connectivity index (χ4v) is 4.21. The first-order valence-corrected chi connectivity index (χ1v) is 11.4. The summed E-state index contributed by atoms with van der Waals surface area (Å²) >= 11 is 0. The monoisotopic (exact) mass is 418 g/mol. The maximum Gasteiger partial charge on any atom is 0.241 e. The summed E-state index contributed by atoms with van der Waals surface area (Å²) < 4.78 is 31.3. The van der Waals surface area contributed by atoms with E-state index >= 15 is 0 Å². The molecule has 2 aromatic rings. The number of benzene rings is 2. The zero-order chi connectivity index (χ0) is 21.8. The van der Waals surface area contributed by atoms with Crippen molar-refractivity contribution in [1.29, 1.82) is 0 Å². The topological polar surface area (TPSA) is 75.7 Å². The highest BCUT2D eigenvalue weighted by atomic mass is 32.2. The van der Waals surface area contributed by atoms with Crippen molar-refractivity contribution in [3.8, 4) is 5.75 Å². The molecule has 0 spiro atoms. The first-order chi connectivity index (χ1) is 13.6. The van der Waals surface area contributed by atoms with Crippen LogP contribution in [-0.2, 0) is 14.8 Å². The molecule has 1 atom stereocenters. The average Bonchev–Trinajstić information content (AvgIpc) is 2.63. The van der Waals surface area contributed by atoms with Crippen molar-refractivity contribution >= 4 is 21.6 Å². The number of nitrogens with zero attached hydrogens (tertiary/aromatic N) is 1. The van der Waals surface area contributed by atoms with Gasteiger partial charge in [-0.3, -0.25) is 9.10 Å². The van der Waals surface area contributed by atoms with Crippen LogP contribution in [0.25, 0.3) is 0 Å².